The van der Waals surface area contributed by atoms with Crippen molar-refractivity contribution in [1.82, 2.24) is 0 Å². The van der Waals surface area contributed by atoms with E-state index in [0.717, 1.165) is 47.6 Å². The van der Waals surface area contributed by atoms with E-state index in [1.165, 1.54) is 0 Å². The molecule has 160 valence electrons. The molecule has 0 spiro atoms. The standard InChI is InChI=1S/C27H28O4/c1-16-21-14-22-17(2)23(10-11-27(22,3)15-24(21)31-26(16)29)30-25(28)13-18-8-9-19-6-4-5-7-20(19)12-18/h4-9,12,21-24H,1-2,10-11,13-15H2,3H3/t21-,22+,23-,24-,27-/m1/s1. The Bertz CT molecular complexity index is 1100. The number of hydrogen-bond acceptors (Lipinski definition) is 4. The molecule has 2 saturated carbocycles. The topological polar surface area (TPSA) is 52.6 Å². The van der Waals surface area contributed by atoms with Crippen molar-refractivity contribution in [3.05, 3.63) is 72.3 Å². The fourth-order valence-corrected chi connectivity index (χ4v) is 5.89. The zero-order valence-corrected chi connectivity index (χ0v) is 17.9. The zero-order valence-electron chi connectivity index (χ0n) is 17.9. The number of ether oxygens (including phenoxy) is 2. The Balaban J connectivity index is 1.27. The number of carbonyl (C=O) groups excluding carboxylic acids is 2. The lowest BCUT2D eigenvalue weighted by molar-refractivity contribution is -0.151. The summed E-state index contributed by atoms with van der Waals surface area (Å²) in [5.41, 5.74) is 2.53. The van der Waals surface area contributed by atoms with E-state index in [4.69, 9.17) is 9.47 Å². The van der Waals surface area contributed by atoms with E-state index in [1.807, 2.05) is 30.3 Å². The molecule has 2 aromatic rings. The van der Waals surface area contributed by atoms with Gasteiger partial charge in [-0.2, -0.15) is 0 Å². The van der Waals surface area contributed by atoms with Crippen LogP contribution < -0.4 is 0 Å². The Morgan fingerprint density at radius 1 is 1.19 bits per heavy atom. The van der Waals surface area contributed by atoms with E-state index in [1.54, 1.807) is 0 Å². The fourth-order valence-electron chi connectivity index (χ4n) is 5.89. The van der Waals surface area contributed by atoms with Crippen molar-refractivity contribution in [3.8, 4) is 0 Å². The summed E-state index contributed by atoms with van der Waals surface area (Å²) in [6.07, 6.45) is 3.22. The van der Waals surface area contributed by atoms with Gasteiger partial charge >= 0.3 is 11.9 Å². The Morgan fingerprint density at radius 2 is 1.97 bits per heavy atom. The number of hydrogen-bond donors (Lipinski definition) is 0. The molecule has 0 amide bonds. The molecule has 4 nitrogen and oxygen atoms in total. The van der Waals surface area contributed by atoms with E-state index < -0.39 is 0 Å². The number of esters is 2. The summed E-state index contributed by atoms with van der Waals surface area (Å²) >= 11 is 0. The number of rotatable bonds is 3. The summed E-state index contributed by atoms with van der Waals surface area (Å²) in [6.45, 7) is 10.6. The van der Waals surface area contributed by atoms with Crippen LogP contribution in [-0.2, 0) is 25.5 Å². The van der Waals surface area contributed by atoms with Gasteiger partial charge in [-0.15, -0.1) is 0 Å². The Morgan fingerprint density at radius 3 is 2.77 bits per heavy atom. The van der Waals surface area contributed by atoms with Crippen LogP contribution in [0.2, 0.25) is 0 Å². The molecule has 0 aromatic heterocycles. The van der Waals surface area contributed by atoms with Gasteiger partial charge in [-0.1, -0.05) is 62.5 Å². The molecule has 5 rings (SSSR count). The van der Waals surface area contributed by atoms with E-state index in [0.29, 0.717) is 5.57 Å². The van der Waals surface area contributed by atoms with E-state index in [2.05, 4.69) is 32.2 Å². The number of carbonyl (C=O) groups is 2. The highest BCUT2D eigenvalue weighted by Gasteiger charge is 2.54. The highest BCUT2D eigenvalue weighted by molar-refractivity contribution is 5.91. The lowest BCUT2D eigenvalue weighted by atomic mass is 9.55. The van der Waals surface area contributed by atoms with Gasteiger partial charge < -0.3 is 9.47 Å². The molecule has 1 aliphatic heterocycles. The average molecular weight is 417 g/mol. The summed E-state index contributed by atoms with van der Waals surface area (Å²) in [7, 11) is 0. The molecule has 1 heterocycles. The molecule has 2 aliphatic carbocycles. The second-order valence-electron chi connectivity index (χ2n) is 9.67. The van der Waals surface area contributed by atoms with Gasteiger partial charge in [0, 0.05) is 11.5 Å². The van der Waals surface area contributed by atoms with Crippen LogP contribution in [0, 0.1) is 17.3 Å². The zero-order chi connectivity index (χ0) is 21.8. The first-order valence-corrected chi connectivity index (χ1v) is 11.1. The number of fused-ring (bicyclic) bond motifs is 3. The lowest BCUT2D eigenvalue weighted by Crippen LogP contribution is -2.47. The normalized spacial score (nSPS) is 32.4. The van der Waals surface area contributed by atoms with Crippen molar-refractivity contribution in [2.45, 2.75) is 51.2 Å². The maximum Gasteiger partial charge on any atom is 0.334 e. The second-order valence-corrected chi connectivity index (χ2v) is 9.67. The quantitative estimate of drug-likeness (QED) is 0.394. The van der Waals surface area contributed by atoms with Gasteiger partial charge in [-0.25, -0.2) is 4.79 Å². The highest BCUT2D eigenvalue weighted by Crippen LogP contribution is 2.57. The molecule has 0 N–H and O–H groups in total. The van der Waals surface area contributed by atoms with Crippen LogP contribution in [0.3, 0.4) is 0 Å². The highest BCUT2D eigenvalue weighted by atomic mass is 16.6. The van der Waals surface area contributed by atoms with Crippen LogP contribution in [0.25, 0.3) is 10.8 Å². The van der Waals surface area contributed by atoms with Crippen LogP contribution in [0.1, 0.15) is 38.2 Å². The molecule has 0 bridgehead atoms. The largest absolute Gasteiger partial charge is 0.458 e. The average Bonchev–Trinajstić information content (AvgIpc) is 3.01. The van der Waals surface area contributed by atoms with Crippen LogP contribution in [0.5, 0.6) is 0 Å². The summed E-state index contributed by atoms with van der Waals surface area (Å²) in [5.74, 6) is -0.231. The summed E-state index contributed by atoms with van der Waals surface area (Å²) in [6, 6.07) is 14.2. The molecule has 5 atom stereocenters. The Labute approximate surface area is 182 Å². The van der Waals surface area contributed by atoms with Crippen LogP contribution in [-0.4, -0.2) is 24.1 Å². The molecule has 0 radical (unpaired) electrons. The van der Waals surface area contributed by atoms with Gasteiger partial charge in [0.15, 0.2) is 0 Å². The van der Waals surface area contributed by atoms with Gasteiger partial charge in [0.2, 0.25) is 0 Å². The van der Waals surface area contributed by atoms with E-state index >= 15 is 0 Å². The smallest absolute Gasteiger partial charge is 0.334 e. The predicted molar refractivity (Wildman–Crippen MR) is 119 cm³/mol. The Hall–Kier alpha value is -2.88. The third-order valence-corrected chi connectivity index (χ3v) is 7.69. The van der Waals surface area contributed by atoms with Gasteiger partial charge in [-0.3, -0.25) is 4.79 Å². The van der Waals surface area contributed by atoms with Crippen molar-refractivity contribution >= 4 is 22.7 Å². The molecule has 0 unspecified atom stereocenters. The van der Waals surface area contributed by atoms with E-state index in [-0.39, 0.29) is 47.8 Å². The van der Waals surface area contributed by atoms with Crippen LogP contribution in [0.4, 0.5) is 0 Å². The number of benzene rings is 2. The summed E-state index contributed by atoms with van der Waals surface area (Å²) < 4.78 is 11.5. The molecule has 31 heavy (non-hydrogen) atoms. The van der Waals surface area contributed by atoms with Crippen molar-refractivity contribution in [2.24, 2.45) is 17.3 Å². The molecule has 2 aromatic carbocycles. The molecule has 4 heteroatoms. The molecular formula is C27H28O4. The van der Waals surface area contributed by atoms with Crippen LogP contribution >= 0.6 is 0 Å². The minimum Gasteiger partial charge on any atom is -0.458 e. The van der Waals surface area contributed by atoms with Crippen molar-refractivity contribution in [3.63, 3.8) is 0 Å². The minimum absolute atomic E-state index is 0.0183. The first kappa shape index (κ1) is 20.0. The molecule has 1 saturated heterocycles. The molecule has 3 aliphatic rings. The maximum atomic E-state index is 12.7. The van der Waals surface area contributed by atoms with E-state index in [9.17, 15) is 9.59 Å². The fraction of sp³-hybridized carbons (Fsp3) is 0.407. The van der Waals surface area contributed by atoms with Gasteiger partial charge in [0.05, 0.1) is 6.42 Å². The molecule has 3 fully saturated rings. The molecular weight excluding hydrogens is 388 g/mol. The van der Waals surface area contributed by atoms with Crippen molar-refractivity contribution < 1.29 is 19.1 Å². The maximum absolute atomic E-state index is 12.7. The van der Waals surface area contributed by atoms with Gasteiger partial charge in [-0.05, 0) is 58.9 Å². The predicted octanol–water partition coefficient (Wildman–Crippen LogP) is 5.16. The van der Waals surface area contributed by atoms with Crippen molar-refractivity contribution in [1.29, 1.82) is 0 Å². The third-order valence-electron chi connectivity index (χ3n) is 7.69. The monoisotopic (exact) mass is 416 g/mol. The van der Waals surface area contributed by atoms with Crippen LogP contribution in [0.15, 0.2) is 66.8 Å². The summed E-state index contributed by atoms with van der Waals surface area (Å²) in [4.78, 5) is 24.7. The first-order chi connectivity index (χ1) is 14.8. The lowest BCUT2D eigenvalue weighted by Gasteiger charge is -2.51. The Kier molecular flexibility index (Phi) is 4.76. The van der Waals surface area contributed by atoms with Gasteiger partial charge in [0.25, 0.3) is 0 Å². The summed E-state index contributed by atoms with van der Waals surface area (Å²) in [5, 5.41) is 2.28. The minimum atomic E-state index is -0.270. The van der Waals surface area contributed by atoms with Gasteiger partial charge in [0.1, 0.15) is 12.2 Å². The third kappa shape index (κ3) is 3.48. The first-order valence-electron chi connectivity index (χ1n) is 11.1. The SMILES string of the molecule is C=C1C(=O)O[C@@H]2C[C@@]3(C)CC[C@@H](OC(=O)Cc4ccc5ccccc5c4)C(=C)[C@@H]3C[C@H]12. The van der Waals surface area contributed by atoms with Crippen molar-refractivity contribution in [2.75, 3.05) is 0 Å². The second kappa shape index (κ2) is 7.37.